The lowest BCUT2D eigenvalue weighted by Gasteiger charge is -2.33. The van der Waals surface area contributed by atoms with Crippen molar-refractivity contribution in [2.75, 3.05) is 37.9 Å². The maximum Gasteiger partial charge on any atom is 0.407 e. The van der Waals surface area contributed by atoms with Gasteiger partial charge in [-0.1, -0.05) is 33.8 Å². The van der Waals surface area contributed by atoms with Gasteiger partial charge >= 0.3 is 6.09 Å². The van der Waals surface area contributed by atoms with Crippen molar-refractivity contribution < 1.29 is 19.2 Å². The molecule has 6 heterocycles. The van der Waals surface area contributed by atoms with Crippen molar-refractivity contribution in [3.63, 3.8) is 0 Å². The number of aromatic amines is 1. The van der Waals surface area contributed by atoms with Crippen LogP contribution in [0.2, 0.25) is 0 Å². The standard InChI is InChI=1S/C40H53N11O4/c1-21(2)28(46-40(53)54-5)16-24(9-7-13-41)36-48-35-27-19-42-29(17-25(27)18-44-38(35)49-36)23-11-12-26-30(15-23)43-20-31-34(26)47-37(45-31)32-10-8-14-51(32)39(52)33(22(3)4)50-55-6/h11-12,15,17-22,24,28,32-33,37,42,45,47,50H,7-10,13-14,16,41H2,1-6H3,(H,46,53)/t24?,28-,32+,33+,37?/m1/s1. The summed E-state index contributed by atoms with van der Waals surface area (Å²) in [6, 6.07) is 7.81. The summed E-state index contributed by atoms with van der Waals surface area (Å²) in [5.74, 6) is 1.02. The van der Waals surface area contributed by atoms with Gasteiger partial charge in [0.1, 0.15) is 23.5 Å². The van der Waals surface area contributed by atoms with Crippen molar-refractivity contribution in [3.8, 4) is 11.3 Å². The van der Waals surface area contributed by atoms with E-state index in [0.29, 0.717) is 31.0 Å². The Morgan fingerprint density at radius 2 is 1.87 bits per heavy atom. The minimum atomic E-state index is -0.450. The molecule has 0 spiro atoms. The molecule has 2 aliphatic rings. The number of pyridine rings is 3. The number of H-pyrrole nitrogens is 1. The van der Waals surface area contributed by atoms with E-state index in [1.54, 1.807) is 7.11 Å². The molecule has 55 heavy (non-hydrogen) atoms. The third-order valence-corrected chi connectivity index (χ3v) is 11.1. The molecule has 2 amide bonds. The number of benzene rings is 1. The maximum atomic E-state index is 13.6. The van der Waals surface area contributed by atoms with Crippen LogP contribution in [0.5, 0.6) is 0 Å². The monoisotopic (exact) mass is 751 g/mol. The van der Waals surface area contributed by atoms with Crippen molar-refractivity contribution in [3.05, 3.63) is 48.7 Å². The normalized spacial score (nSPS) is 18.5. The van der Waals surface area contributed by atoms with E-state index in [2.05, 4.69) is 64.5 Å². The summed E-state index contributed by atoms with van der Waals surface area (Å²) in [4.78, 5) is 55.8. The minimum Gasteiger partial charge on any atom is -0.453 e. The Kier molecular flexibility index (Phi) is 11.3. The second-order valence-corrected chi connectivity index (χ2v) is 15.4. The maximum absolute atomic E-state index is 13.6. The van der Waals surface area contributed by atoms with Crippen molar-refractivity contribution in [2.45, 2.75) is 90.0 Å². The average molecular weight is 752 g/mol. The van der Waals surface area contributed by atoms with Crippen LogP contribution >= 0.6 is 0 Å². The Bertz CT molecular complexity index is 2170. The van der Waals surface area contributed by atoms with E-state index in [-0.39, 0.29) is 41.9 Å². The number of fused-ring (bicyclic) bond motifs is 6. The first-order valence-corrected chi connectivity index (χ1v) is 19.3. The number of imidazole rings is 1. The molecule has 0 radical (unpaired) electrons. The highest BCUT2D eigenvalue weighted by Crippen LogP contribution is 2.39. The van der Waals surface area contributed by atoms with Gasteiger partial charge in [-0.05, 0) is 68.7 Å². The fourth-order valence-corrected chi connectivity index (χ4v) is 8.02. The van der Waals surface area contributed by atoms with E-state index < -0.39 is 12.1 Å². The number of alkyl carbamates (subject to hydrolysis) is 1. The number of methoxy groups -OCH3 is 1. The van der Waals surface area contributed by atoms with E-state index >= 15 is 0 Å². The van der Waals surface area contributed by atoms with E-state index in [1.165, 1.54) is 7.11 Å². The van der Waals surface area contributed by atoms with Gasteiger partial charge in [-0.15, -0.1) is 0 Å². The summed E-state index contributed by atoms with van der Waals surface area (Å²) in [7, 11) is 2.92. The van der Waals surface area contributed by atoms with Gasteiger partial charge in [0.25, 0.3) is 0 Å². The molecule has 1 saturated heterocycles. The SMILES string of the molecule is CON[C@H](C(=O)N1CCC[C@H]1C1Nc2cnc3cc(-c4cc5cnc6nc(C(CCCN)C[C@@H](NC(=O)OC)C(C)C)nc6c5c[nH]4)ccc3c2N1)C(C)C. The quantitative estimate of drug-likeness (QED) is 0.0765. The smallest absolute Gasteiger partial charge is 0.407 e. The number of hydroxylamine groups is 1. The molecule has 1 fully saturated rings. The Labute approximate surface area is 320 Å². The Morgan fingerprint density at radius 1 is 1.04 bits per heavy atom. The predicted molar refractivity (Wildman–Crippen MR) is 214 cm³/mol. The van der Waals surface area contributed by atoms with Crippen LogP contribution in [-0.2, 0) is 14.4 Å². The number of carbonyl (C=O) groups is 2. The van der Waals surface area contributed by atoms with Gasteiger partial charge in [-0.25, -0.2) is 19.7 Å². The van der Waals surface area contributed by atoms with Gasteiger partial charge in [0.15, 0.2) is 5.65 Å². The summed E-state index contributed by atoms with van der Waals surface area (Å²) in [6.45, 7) is 9.46. The second kappa shape index (κ2) is 16.3. The Hall–Kier alpha value is -5.12. The van der Waals surface area contributed by atoms with Crippen LogP contribution in [0.1, 0.15) is 71.5 Å². The van der Waals surface area contributed by atoms with Crippen LogP contribution in [0.25, 0.3) is 44.1 Å². The number of carbonyl (C=O) groups excluding carboxylic acids is 2. The van der Waals surface area contributed by atoms with E-state index in [1.807, 2.05) is 37.3 Å². The molecule has 4 aromatic heterocycles. The molecule has 0 saturated carbocycles. The third-order valence-electron chi connectivity index (χ3n) is 11.1. The zero-order chi connectivity index (χ0) is 38.8. The molecule has 0 bridgehead atoms. The molecular formula is C40H53N11O4. The average Bonchev–Trinajstić information content (AvgIpc) is 3.96. The van der Waals surface area contributed by atoms with Crippen LogP contribution in [0.15, 0.2) is 42.9 Å². The zero-order valence-corrected chi connectivity index (χ0v) is 32.5. The largest absolute Gasteiger partial charge is 0.453 e. The number of ether oxygens (including phenoxy) is 1. The van der Waals surface area contributed by atoms with Crippen LogP contribution in [0.4, 0.5) is 16.2 Å². The summed E-state index contributed by atoms with van der Waals surface area (Å²) >= 11 is 0. The molecule has 7 N–H and O–H groups in total. The highest BCUT2D eigenvalue weighted by Gasteiger charge is 2.41. The summed E-state index contributed by atoms with van der Waals surface area (Å²) in [5, 5.41) is 13.1. The molecule has 1 aromatic carbocycles. The molecule has 15 nitrogen and oxygen atoms in total. The molecule has 2 aliphatic heterocycles. The van der Waals surface area contributed by atoms with Gasteiger partial charge in [0.05, 0.1) is 43.3 Å². The number of amides is 2. The summed E-state index contributed by atoms with van der Waals surface area (Å²) in [5.41, 5.74) is 14.8. The van der Waals surface area contributed by atoms with Crippen molar-refractivity contribution in [1.29, 1.82) is 0 Å². The fraction of sp³-hybridized carbons (Fsp3) is 0.500. The Morgan fingerprint density at radius 3 is 2.62 bits per heavy atom. The molecule has 0 aliphatic carbocycles. The molecule has 2 unspecified atom stereocenters. The Balaban J connectivity index is 1.12. The molecule has 292 valence electrons. The lowest BCUT2D eigenvalue weighted by atomic mass is 9.89. The fourth-order valence-electron chi connectivity index (χ4n) is 8.02. The van der Waals surface area contributed by atoms with Gasteiger partial charge in [-0.2, -0.15) is 5.48 Å². The topological polar surface area (TPSA) is 197 Å². The van der Waals surface area contributed by atoms with E-state index in [0.717, 1.165) is 75.5 Å². The third kappa shape index (κ3) is 7.73. The highest BCUT2D eigenvalue weighted by atomic mass is 16.6. The van der Waals surface area contributed by atoms with Gasteiger partial charge in [0, 0.05) is 58.3 Å². The predicted octanol–water partition coefficient (Wildman–Crippen LogP) is 5.64. The first-order chi connectivity index (χ1) is 26.6. The van der Waals surface area contributed by atoms with Gasteiger partial charge < -0.3 is 41.1 Å². The van der Waals surface area contributed by atoms with Gasteiger partial charge in [-0.3, -0.25) is 9.78 Å². The highest BCUT2D eigenvalue weighted by molar-refractivity contribution is 6.04. The lowest BCUT2D eigenvalue weighted by Crippen LogP contribution is -2.54. The van der Waals surface area contributed by atoms with Crippen LogP contribution < -0.4 is 27.2 Å². The van der Waals surface area contributed by atoms with Crippen LogP contribution in [0, 0.1) is 11.8 Å². The van der Waals surface area contributed by atoms with Crippen molar-refractivity contribution in [1.82, 2.24) is 40.6 Å². The van der Waals surface area contributed by atoms with E-state index in [9.17, 15) is 9.59 Å². The summed E-state index contributed by atoms with van der Waals surface area (Å²) in [6.07, 6.45) is 9.20. The number of rotatable bonds is 14. The molecule has 7 rings (SSSR count). The molecule has 15 heteroatoms. The number of aromatic nitrogens is 5. The van der Waals surface area contributed by atoms with Gasteiger partial charge in [0.2, 0.25) is 5.91 Å². The number of hydrogen-bond acceptors (Lipinski definition) is 12. The molecule has 5 aromatic rings. The second-order valence-electron chi connectivity index (χ2n) is 15.4. The van der Waals surface area contributed by atoms with Crippen LogP contribution in [0.3, 0.4) is 0 Å². The number of anilines is 2. The first kappa shape index (κ1) is 38.2. The lowest BCUT2D eigenvalue weighted by molar-refractivity contribution is -0.139. The van der Waals surface area contributed by atoms with E-state index in [4.69, 9.17) is 35.2 Å². The molecular weight excluding hydrogens is 699 g/mol. The van der Waals surface area contributed by atoms with Crippen molar-refractivity contribution in [2.24, 2.45) is 17.6 Å². The summed E-state index contributed by atoms with van der Waals surface area (Å²) < 4.78 is 4.88. The number of nitrogens with two attached hydrogens (primary N) is 1. The first-order valence-electron chi connectivity index (χ1n) is 19.3. The zero-order valence-electron chi connectivity index (χ0n) is 32.5. The minimum absolute atomic E-state index is 0.0119. The van der Waals surface area contributed by atoms with Crippen LogP contribution in [-0.4, -0.2) is 93.4 Å². The number of hydrogen-bond donors (Lipinski definition) is 6. The van der Waals surface area contributed by atoms with Crippen molar-refractivity contribution >= 4 is 56.2 Å². The number of nitrogens with one attached hydrogen (secondary N) is 5. The molecule has 5 atom stereocenters. The number of likely N-dealkylation sites (tertiary alicyclic amines) is 1. The number of nitrogens with zero attached hydrogens (tertiary/aromatic N) is 5.